The molecular weight excluding hydrogens is 572 g/mol. The van der Waals surface area contributed by atoms with E-state index in [1.54, 1.807) is 14.0 Å². The fraction of sp³-hybridized carbons (Fsp3) is 0.333. The maximum absolute atomic E-state index is 13.0. The Labute approximate surface area is 233 Å². The fourth-order valence-corrected chi connectivity index (χ4v) is 6.73. The molecule has 1 saturated heterocycles. The van der Waals surface area contributed by atoms with Gasteiger partial charge in [0.25, 0.3) is 17.6 Å². The van der Waals surface area contributed by atoms with E-state index >= 15 is 0 Å². The maximum Gasteiger partial charge on any atom is 0.361 e. The standard InChI is InChI=1S/C21H22N8O7S3/c1-3-36-27-11(10-7-38-20(23)24-10)15(30)25-12-16(31)29-13(19(34)35)8(5-37-17(12)29)6-39-21-26-14(22)9(18(32)33)4-28(21)2/h4,7,12,17,22H,3,5-6H2,1-2H3,(H5,23,24,25,30,32,33,34,35)/p+1/b27-11-/t12?,17-/m1/s1. The molecule has 4 heterocycles. The smallest absolute Gasteiger partial charge is 0.361 e. The molecule has 2 aliphatic heterocycles. The highest BCUT2D eigenvalue weighted by atomic mass is 32.2. The number of carboxylic acid groups (broad SMARTS) is 2. The van der Waals surface area contributed by atoms with Crippen LogP contribution < -0.4 is 21.4 Å². The van der Waals surface area contributed by atoms with Crippen molar-refractivity contribution in [3.05, 3.63) is 34.1 Å². The highest BCUT2D eigenvalue weighted by molar-refractivity contribution is 8.01. The molecule has 0 spiro atoms. The van der Waals surface area contributed by atoms with Crippen LogP contribution in [0.25, 0.3) is 0 Å². The highest BCUT2D eigenvalue weighted by Crippen LogP contribution is 2.41. The van der Waals surface area contributed by atoms with Gasteiger partial charge in [0.2, 0.25) is 0 Å². The summed E-state index contributed by atoms with van der Waals surface area (Å²) >= 11 is 3.56. The normalized spacial score (nSPS) is 18.9. The van der Waals surface area contributed by atoms with Crippen molar-refractivity contribution in [2.24, 2.45) is 12.2 Å². The molecule has 2 atom stereocenters. The van der Waals surface area contributed by atoms with Crippen LogP contribution in [0.4, 0.5) is 10.9 Å². The Kier molecular flexibility index (Phi) is 8.26. The third-order valence-corrected chi connectivity index (χ3v) is 8.67. The number of amides is 2. The minimum Gasteiger partial charge on any atom is -0.477 e. The van der Waals surface area contributed by atoms with Gasteiger partial charge in [0.05, 0.1) is 7.05 Å². The Hall–Kier alpha value is -3.90. The molecule has 2 amide bonds. The number of hydrogen-bond donors (Lipinski definition) is 5. The average Bonchev–Trinajstić information content (AvgIpc) is 3.32. The lowest BCUT2D eigenvalue weighted by Gasteiger charge is -2.49. The second-order valence-electron chi connectivity index (χ2n) is 8.07. The zero-order chi connectivity index (χ0) is 28.4. The summed E-state index contributed by atoms with van der Waals surface area (Å²) in [6.07, 6.45) is 1.32. The first kappa shape index (κ1) is 28.1. The number of aliphatic carboxylic acids is 1. The summed E-state index contributed by atoms with van der Waals surface area (Å²) < 4.78 is 1.47. The molecule has 0 bridgehead atoms. The molecule has 1 unspecified atom stereocenters. The van der Waals surface area contributed by atoms with E-state index in [0.717, 1.165) is 28.0 Å². The number of nitrogens with one attached hydrogen (secondary N) is 1. The Balaban J connectivity index is 1.50. The highest BCUT2D eigenvalue weighted by Gasteiger charge is 2.54. The number of nitrogens with two attached hydrogens (primary N) is 2. The minimum absolute atomic E-state index is 0.156. The third kappa shape index (κ3) is 5.62. The summed E-state index contributed by atoms with van der Waals surface area (Å²) in [7, 11) is 1.59. The summed E-state index contributed by atoms with van der Waals surface area (Å²) in [4.78, 5) is 63.8. The van der Waals surface area contributed by atoms with Gasteiger partial charge in [-0.15, -0.1) is 23.1 Å². The van der Waals surface area contributed by atoms with Crippen molar-refractivity contribution in [2.45, 2.75) is 23.5 Å². The Morgan fingerprint density at radius 3 is 2.67 bits per heavy atom. The van der Waals surface area contributed by atoms with Crippen LogP contribution in [-0.4, -0.2) is 84.1 Å². The first-order valence-electron chi connectivity index (χ1n) is 11.2. The number of oxime groups is 1. The van der Waals surface area contributed by atoms with Gasteiger partial charge >= 0.3 is 17.1 Å². The van der Waals surface area contributed by atoms with Gasteiger partial charge in [-0.1, -0.05) is 5.16 Å². The Morgan fingerprint density at radius 1 is 1.31 bits per heavy atom. The summed E-state index contributed by atoms with van der Waals surface area (Å²) in [5, 5.41) is 27.0. The number of nitrogens with zero attached hydrogens (tertiary/aromatic N) is 5. The van der Waals surface area contributed by atoms with Gasteiger partial charge in [-0.25, -0.2) is 19.1 Å². The largest absolute Gasteiger partial charge is 0.477 e. The Bertz CT molecular complexity index is 1430. The number of aromatic carboxylic acids is 1. The van der Waals surface area contributed by atoms with E-state index < -0.39 is 35.2 Å². The molecule has 15 nitrogen and oxygen atoms in total. The third-order valence-electron chi connectivity index (χ3n) is 5.52. The minimum atomic E-state index is -1.29. The SMILES string of the molecule is CCO/N=C(\C(=O)NC1C(=O)N2C(C(=O)O)=C(CSc3nc(N)c(C(=O)O)c[n+]3C)CS[C@H]12)c1csc(N)n1. The van der Waals surface area contributed by atoms with Crippen LogP contribution in [0, 0.1) is 0 Å². The van der Waals surface area contributed by atoms with Gasteiger partial charge in [-0.05, 0) is 29.2 Å². The number of aromatic nitrogens is 3. The number of nitrogen functional groups attached to an aromatic ring is 2. The molecule has 0 aromatic carbocycles. The topological polar surface area (TPSA) is 227 Å². The number of rotatable bonds is 10. The van der Waals surface area contributed by atoms with Gasteiger partial charge in [0, 0.05) is 16.9 Å². The first-order chi connectivity index (χ1) is 18.5. The van der Waals surface area contributed by atoms with E-state index in [-0.39, 0.29) is 51.7 Å². The number of hydrogen-bond acceptors (Lipinski definition) is 13. The molecular formula is C21H23N8O7S3+. The monoisotopic (exact) mass is 595 g/mol. The molecule has 1 fully saturated rings. The van der Waals surface area contributed by atoms with E-state index in [0.29, 0.717) is 10.7 Å². The van der Waals surface area contributed by atoms with Crippen LogP contribution in [-0.2, 0) is 26.3 Å². The maximum atomic E-state index is 13.0. The van der Waals surface area contributed by atoms with Gasteiger partial charge in [0.1, 0.15) is 35.6 Å². The average molecular weight is 596 g/mol. The van der Waals surface area contributed by atoms with Crippen molar-refractivity contribution in [1.29, 1.82) is 0 Å². The molecule has 206 valence electrons. The predicted octanol–water partition coefficient (Wildman–Crippen LogP) is -0.503. The summed E-state index contributed by atoms with van der Waals surface area (Å²) in [5.41, 5.74) is 11.6. The van der Waals surface area contributed by atoms with Gasteiger partial charge in [0.15, 0.2) is 16.4 Å². The number of carbonyl (C=O) groups is 4. The molecule has 7 N–H and O–H groups in total. The number of carbonyl (C=O) groups excluding carboxylic acids is 2. The van der Waals surface area contributed by atoms with Crippen LogP contribution >= 0.6 is 34.9 Å². The fourth-order valence-electron chi connectivity index (χ4n) is 3.74. The van der Waals surface area contributed by atoms with E-state index in [2.05, 4.69) is 20.4 Å². The molecule has 0 radical (unpaired) electrons. The number of aryl methyl sites for hydroxylation is 1. The molecule has 0 aliphatic carbocycles. The van der Waals surface area contributed by atoms with Crippen molar-refractivity contribution in [3.63, 3.8) is 0 Å². The van der Waals surface area contributed by atoms with E-state index in [1.807, 2.05) is 0 Å². The van der Waals surface area contributed by atoms with Crippen molar-refractivity contribution < 1.29 is 38.8 Å². The quantitative estimate of drug-likeness (QED) is 0.0583. The lowest BCUT2D eigenvalue weighted by atomic mass is 10.0. The van der Waals surface area contributed by atoms with Crippen molar-refractivity contribution >= 4 is 75.3 Å². The van der Waals surface area contributed by atoms with Crippen molar-refractivity contribution in [2.75, 3.05) is 29.6 Å². The Morgan fingerprint density at radius 2 is 2.05 bits per heavy atom. The van der Waals surface area contributed by atoms with Crippen molar-refractivity contribution in [1.82, 2.24) is 20.2 Å². The van der Waals surface area contributed by atoms with Crippen LogP contribution in [0.2, 0.25) is 0 Å². The molecule has 39 heavy (non-hydrogen) atoms. The second kappa shape index (κ2) is 11.5. The first-order valence-corrected chi connectivity index (χ1v) is 14.1. The van der Waals surface area contributed by atoms with Crippen molar-refractivity contribution in [3.8, 4) is 0 Å². The molecule has 2 aromatic heterocycles. The number of thiazole rings is 1. The van der Waals surface area contributed by atoms with E-state index in [9.17, 15) is 29.4 Å². The number of anilines is 2. The van der Waals surface area contributed by atoms with E-state index in [4.69, 9.17) is 16.3 Å². The number of carboxylic acids is 2. The molecule has 18 heteroatoms. The predicted molar refractivity (Wildman–Crippen MR) is 142 cm³/mol. The van der Waals surface area contributed by atoms with Gasteiger partial charge < -0.3 is 31.8 Å². The second-order valence-corrected chi connectivity index (χ2v) is 11.0. The van der Waals surface area contributed by atoms with Crippen LogP contribution in [0.1, 0.15) is 23.0 Å². The molecule has 4 rings (SSSR count). The lowest BCUT2D eigenvalue weighted by molar-refractivity contribution is -0.713. The van der Waals surface area contributed by atoms with Crippen LogP contribution in [0.3, 0.4) is 0 Å². The number of β-lactam (4-membered cyclic amide) rings is 1. The van der Waals surface area contributed by atoms with Crippen LogP contribution in [0.15, 0.2) is 33.2 Å². The summed E-state index contributed by atoms with van der Waals surface area (Å²) in [6, 6.07) is -0.989. The zero-order valence-electron chi connectivity index (χ0n) is 20.5. The summed E-state index contributed by atoms with van der Waals surface area (Å²) in [6.45, 7) is 1.88. The van der Waals surface area contributed by atoms with Crippen LogP contribution in [0.5, 0.6) is 0 Å². The molecule has 2 aliphatic rings. The van der Waals surface area contributed by atoms with E-state index in [1.165, 1.54) is 27.9 Å². The van der Waals surface area contributed by atoms with Gasteiger partial charge in [-0.2, -0.15) is 0 Å². The summed E-state index contributed by atoms with van der Waals surface area (Å²) in [5.74, 6) is -3.55. The zero-order valence-corrected chi connectivity index (χ0v) is 22.9. The van der Waals surface area contributed by atoms with Gasteiger partial charge in [-0.3, -0.25) is 14.5 Å². The lowest BCUT2D eigenvalue weighted by Crippen LogP contribution is -2.71. The molecule has 0 saturated carbocycles. The number of thioether (sulfide) groups is 2. The molecule has 2 aromatic rings. The number of fused-ring (bicyclic) bond motifs is 1.